The van der Waals surface area contributed by atoms with E-state index in [0.29, 0.717) is 19.4 Å². The molecule has 0 aromatic rings. The fourth-order valence-electron chi connectivity index (χ4n) is 2.34. The van der Waals surface area contributed by atoms with Crippen molar-refractivity contribution in [1.29, 1.82) is 0 Å². The number of rotatable bonds is 6. The van der Waals surface area contributed by atoms with E-state index in [-0.39, 0.29) is 29.7 Å². The number of unbranched alkanes of at least 4 members (excludes halogenated alkanes) is 1. The van der Waals surface area contributed by atoms with Gasteiger partial charge in [-0.15, -0.1) is 0 Å². The van der Waals surface area contributed by atoms with Crippen molar-refractivity contribution >= 4 is 23.6 Å². The van der Waals surface area contributed by atoms with Gasteiger partial charge in [0.05, 0.1) is 0 Å². The summed E-state index contributed by atoms with van der Waals surface area (Å²) in [5.74, 6) is -1.12. The molecular formula is C14H16N2O4. The number of amides is 4. The molecule has 0 aromatic carbocycles. The van der Waals surface area contributed by atoms with Crippen LogP contribution in [0.5, 0.6) is 0 Å². The molecule has 0 radical (unpaired) electrons. The Balaban J connectivity index is 1.71. The second kappa shape index (κ2) is 5.81. The zero-order valence-electron chi connectivity index (χ0n) is 11.2. The summed E-state index contributed by atoms with van der Waals surface area (Å²) >= 11 is 0. The van der Waals surface area contributed by atoms with Gasteiger partial charge >= 0.3 is 0 Å². The zero-order valence-corrected chi connectivity index (χ0v) is 11.2. The second-order valence-electron chi connectivity index (χ2n) is 4.89. The van der Waals surface area contributed by atoms with Crippen molar-refractivity contribution in [1.82, 2.24) is 9.80 Å². The first-order chi connectivity index (χ1) is 9.50. The van der Waals surface area contributed by atoms with Gasteiger partial charge in [0.15, 0.2) is 0 Å². The minimum atomic E-state index is -0.281. The average Bonchev–Trinajstić information content (AvgIpc) is 2.90. The highest BCUT2D eigenvalue weighted by Gasteiger charge is 2.28. The summed E-state index contributed by atoms with van der Waals surface area (Å²) in [6, 6.07) is -0.173. The highest BCUT2D eigenvalue weighted by molar-refractivity contribution is 6.13. The monoisotopic (exact) mass is 276 g/mol. The van der Waals surface area contributed by atoms with Gasteiger partial charge in [0.2, 0.25) is 0 Å². The van der Waals surface area contributed by atoms with Crippen LogP contribution in [0.1, 0.15) is 26.2 Å². The smallest absolute Gasteiger partial charge is 0.253 e. The molecule has 0 N–H and O–H groups in total. The van der Waals surface area contributed by atoms with Gasteiger partial charge < -0.3 is 0 Å². The Morgan fingerprint density at radius 3 is 1.90 bits per heavy atom. The van der Waals surface area contributed by atoms with Crippen molar-refractivity contribution in [3.8, 4) is 0 Å². The molecule has 0 spiro atoms. The van der Waals surface area contributed by atoms with Crippen molar-refractivity contribution in [2.45, 2.75) is 32.2 Å². The number of hydrogen-bond acceptors (Lipinski definition) is 4. The molecule has 2 aliphatic rings. The molecule has 2 aliphatic heterocycles. The number of carbonyl (C=O) groups excluding carboxylic acids is 4. The molecule has 6 nitrogen and oxygen atoms in total. The lowest BCUT2D eigenvalue weighted by Gasteiger charge is -2.22. The van der Waals surface area contributed by atoms with E-state index in [0.717, 1.165) is 6.42 Å². The molecule has 20 heavy (non-hydrogen) atoms. The molecule has 1 unspecified atom stereocenters. The second-order valence-corrected chi connectivity index (χ2v) is 4.89. The highest BCUT2D eigenvalue weighted by Crippen LogP contribution is 2.15. The van der Waals surface area contributed by atoms with E-state index < -0.39 is 0 Å². The molecule has 2 heterocycles. The van der Waals surface area contributed by atoms with Crippen LogP contribution in [-0.2, 0) is 19.2 Å². The van der Waals surface area contributed by atoms with Crippen LogP contribution in [0.25, 0.3) is 0 Å². The lowest BCUT2D eigenvalue weighted by molar-refractivity contribution is -0.139. The van der Waals surface area contributed by atoms with Crippen LogP contribution >= 0.6 is 0 Å². The summed E-state index contributed by atoms with van der Waals surface area (Å²) in [5.41, 5.74) is 0. The largest absolute Gasteiger partial charge is 0.275 e. The van der Waals surface area contributed by atoms with Crippen LogP contribution in [0.2, 0.25) is 0 Å². The van der Waals surface area contributed by atoms with Gasteiger partial charge in [0.25, 0.3) is 23.6 Å². The molecule has 4 amide bonds. The third-order valence-corrected chi connectivity index (χ3v) is 3.44. The Labute approximate surface area is 116 Å². The molecule has 0 bridgehead atoms. The molecule has 0 aromatic heterocycles. The summed E-state index contributed by atoms with van der Waals surface area (Å²) in [5, 5.41) is 0. The molecule has 1 atom stereocenters. The van der Waals surface area contributed by atoms with E-state index in [1.54, 1.807) is 0 Å². The lowest BCUT2D eigenvalue weighted by atomic mass is 10.1. The molecular weight excluding hydrogens is 260 g/mol. The molecule has 2 rings (SSSR count). The van der Waals surface area contributed by atoms with E-state index in [4.69, 9.17) is 0 Å². The fourth-order valence-corrected chi connectivity index (χ4v) is 2.34. The van der Waals surface area contributed by atoms with Crippen LogP contribution in [0.3, 0.4) is 0 Å². The number of hydrogen-bond donors (Lipinski definition) is 0. The maximum absolute atomic E-state index is 11.5. The normalized spacial score (nSPS) is 19.6. The summed E-state index contributed by atoms with van der Waals surface area (Å²) in [6.45, 7) is 2.19. The number of nitrogens with zero attached hydrogens (tertiary/aromatic N) is 2. The molecule has 0 fully saturated rings. The van der Waals surface area contributed by atoms with Gasteiger partial charge in [-0.25, -0.2) is 0 Å². The Hall–Kier alpha value is -2.24. The Morgan fingerprint density at radius 2 is 1.35 bits per heavy atom. The zero-order chi connectivity index (χ0) is 14.7. The van der Waals surface area contributed by atoms with E-state index in [9.17, 15) is 19.2 Å². The predicted octanol–water partition coefficient (Wildman–Crippen LogP) is 0.395. The minimum absolute atomic E-state index is 0.173. The molecule has 0 saturated heterocycles. The maximum Gasteiger partial charge on any atom is 0.253 e. The van der Waals surface area contributed by atoms with Crippen LogP contribution in [-0.4, -0.2) is 46.0 Å². The topological polar surface area (TPSA) is 74.8 Å². The number of carbonyl (C=O) groups is 4. The van der Waals surface area contributed by atoms with Crippen molar-refractivity contribution in [3.63, 3.8) is 0 Å². The quantitative estimate of drug-likeness (QED) is 0.519. The van der Waals surface area contributed by atoms with Crippen molar-refractivity contribution < 1.29 is 19.2 Å². The van der Waals surface area contributed by atoms with Gasteiger partial charge in [-0.2, -0.15) is 0 Å². The first kappa shape index (κ1) is 14.2. The van der Waals surface area contributed by atoms with Crippen molar-refractivity contribution in [2.75, 3.05) is 6.54 Å². The van der Waals surface area contributed by atoms with E-state index >= 15 is 0 Å². The minimum Gasteiger partial charge on any atom is -0.275 e. The molecule has 6 heteroatoms. The van der Waals surface area contributed by atoms with E-state index in [1.807, 2.05) is 6.92 Å². The summed E-state index contributed by atoms with van der Waals surface area (Å²) < 4.78 is 0. The Morgan fingerprint density at radius 1 is 0.850 bits per heavy atom. The number of imide groups is 2. The first-order valence-corrected chi connectivity index (χ1v) is 6.59. The molecule has 0 saturated carbocycles. The van der Waals surface area contributed by atoms with Gasteiger partial charge in [0, 0.05) is 36.9 Å². The van der Waals surface area contributed by atoms with E-state index in [1.165, 1.54) is 34.1 Å². The highest BCUT2D eigenvalue weighted by atomic mass is 16.2. The third kappa shape index (κ3) is 2.84. The summed E-state index contributed by atoms with van der Waals surface area (Å²) in [6.07, 6.45) is 7.11. The van der Waals surface area contributed by atoms with Crippen LogP contribution in [0, 0.1) is 0 Å². The Bertz CT molecular complexity index is 485. The third-order valence-electron chi connectivity index (χ3n) is 3.44. The SMILES string of the molecule is CC(CCCCN1C(=O)C=CC1=O)N1C(=O)C=CC1=O. The van der Waals surface area contributed by atoms with Crippen LogP contribution in [0.15, 0.2) is 24.3 Å². The lowest BCUT2D eigenvalue weighted by Crippen LogP contribution is -2.38. The van der Waals surface area contributed by atoms with E-state index in [2.05, 4.69) is 0 Å². The van der Waals surface area contributed by atoms with Gasteiger partial charge in [0.1, 0.15) is 0 Å². The van der Waals surface area contributed by atoms with Crippen molar-refractivity contribution in [2.24, 2.45) is 0 Å². The van der Waals surface area contributed by atoms with Gasteiger partial charge in [-0.05, 0) is 26.2 Å². The summed E-state index contributed by atoms with van der Waals surface area (Å²) in [7, 11) is 0. The average molecular weight is 276 g/mol. The standard InChI is InChI=1S/C14H16N2O4/c1-10(16-13(19)7-8-14(16)20)4-2-3-9-15-11(17)5-6-12(15)18/h5-8,10H,2-4,9H2,1H3. The Kier molecular flexibility index (Phi) is 4.12. The predicted molar refractivity (Wildman–Crippen MR) is 70.2 cm³/mol. The van der Waals surface area contributed by atoms with Crippen LogP contribution in [0.4, 0.5) is 0 Å². The molecule has 0 aliphatic carbocycles. The van der Waals surface area contributed by atoms with Crippen LogP contribution < -0.4 is 0 Å². The van der Waals surface area contributed by atoms with Gasteiger partial charge in [-0.3, -0.25) is 29.0 Å². The summed E-state index contributed by atoms with van der Waals surface area (Å²) in [4.78, 5) is 48.0. The van der Waals surface area contributed by atoms with Crippen molar-refractivity contribution in [3.05, 3.63) is 24.3 Å². The molecule has 106 valence electrons. The fraction of sp³-hybridized carbons (Fsp3) is 0.429. The first-order valence-electron chi connectivity index (χ1n) is 6.59. The van der Waals surface area contributed by atoms with Gasteiger partial charge in [-0.1, -0.05) is 0 Å². The maximum atomic E-state index is 11.5.